The van der Waals surface area contributed by atoms with Crippen LogP contribution in [-0.2, 0) is 6.42 Å². The molecular weight excluding hydrogens is 236 g/mol. The van der Waals surface area contributed by atoms with Crippen molar-refractivity contribution in [3.8, 4) is 0 Å². The fraction of sp³-hybridized carbons (Fsp3) is 0.562. The van der Waals surface area contributed by atoms with Gasteiger partial charge in [-0.05, 0) is 42.4 Å². The first-order valence-corrected chi connectivity index (χ1v) is 7.23. The second kappa shape index (κ2) is 6.09. The summed E-state index contributed by atoms with van der Waals surface area (Å²) in [5.74, 6) is 1.19. The number of urea groups is 1. The van der Waals surface area contributed by atoms with E-state index in [1.54, 1.807) is 0 Å². The lowest BCUT2D eigenvalue weighted by atomic mass is 9.92. The van der Waals surface area contributed by atoms with Gasteiger partial charge in [-0.15, -0.1) is 0 Å². The zero-order valence-corrected chi connectivity index (χ0v) is 12.1. The summed E-state index contributed by atoms with van der Waals surface area (Å²) in [6, 6.07) is 8.12. The van der Waals surface area contributed by atoms with Gasteiger partial charge in [0, 0.05) is 18.8 Å². The Labute approximate surface area is 116 Å². The molecule has 104 valence electrons. The quantitative estimate of drug-likeness (QED) is 0.862. The molecule has 3 heteroatoms. The lowest BCUT2D eigenvalue weighted by molar-refractivity contribution is 0.156. The van der Waals surface area contributed by atoms with Crippen LogP contribution in [0.5, 0.6) is 0 Å². The first-order valence-electron chi connectivity index (χ1n) is 7.23. The van der Waals surface area contributed by atoms with Crippen molar-refractivity contribution < 1.29 is 4.79 Å². The fourth-order valence-corrected chi connectivity index (χ4v) is 2.86. The Balaban J connectivity index is 1.96. The highest BCUT2D eigenvalue weighted by molar-refractivity contribution is 5.89. The number of aryl methyl sites for hydroxylation is 1. The summed E-state index contributed by atoms with van der Waals surface area (Å²) in [5, 5.41) is 2.99. The van der Waals surface area contributed by atoms with Crippen molar-refractivity contribution >= 4 is 11.7 Å². The number of anilines is 1. The van der Waals surface area contributed by atoms with Crippen LogP contribution in [0.15, 0.2) is 24.3 Å². The van der Waals surface area contributed by atoms with Crippen molar-refractivity contribution in [1.29, 1.82) is 0 Å². The molecular formula is C16H24N2O. The SMILES string of the molecule is CCc1ccc(NC(=O)N2CC(C)CC(C)C2)cc1. The molecule has 19 heavy (non-hydrogen) atoms. The Morgan fingerprint density at radius 2 is 1.79 bits per heavy atom. The van der Waals surface area contributed by atoms with Gasteiger partial charge in [-0.2, -0.15) is 0 Å². The van der Waals surface area contributed by atoms with E-state index in [1.165, 1.54) is 12.0 Å². The molecule has 1 aliphatic rings. The number of rotatable bonds is 2. The van der Waals surface area contributed by atoms with Crippen molar-refractivity contribution in [2.24, 2.45) is 11.8 Å². The Morgan fingerprint density at radius 3 is 2.32 bits per heavy atom. The van der Waals surface area contributed by atoms with Gasteiger partial charge in [0.15, 0.2) is 0 Å². The number of nitrogens with one attached hydrogen (secondary N) is 1. The van der Waals surface area contributed by atoms with E-state index < -0.39 is 0 Å². The molecule has 2 rings (SSSR count). The normalized spacial score (nSPS) is 23.2. The molecule has 3 nitrogen and oxygen atoms in total. The lowest BCUT2D eigenvalue weighted by Crippen LogP contribution is -2.44. The predicted molar refractivity (Wildman–Crippen MR) is 79.4 cm³/mol. The van der Waals surface area contributed by atoms with Gasteiger partial charge < -0.3 is 10.2 Å². The molecule has 2 amide bonds. The molecule has 0 aromatic heterocycles. The highest BCUT2D eigenvalue weighted by atomic mass is 16.2. The number of hydrogen-bond acceptors (Lipinski definition) is 1. The molecule has 1 aromatic rings. The van der Waals surface area contributed by atoms with Crippen molar-refractivity contribution in [2.45, 2.75) is 33.6 Å². The number of hydrogen-bond donors (Lipinski definition) is 1. The van der Waals surface area contributed by atoms with Gasteiger partial charge in [-0.3, -0.25) is 0 Å². The topological polar surface area (TPSA) is 32.3 Å². The van der Waals surface area contributed by atoms with Gasteiger partial charge in [0.25, 0.3) is 0 Å². The summed E-state index contributed by atoms with van der Waals surface area (Å²) in [7, 11) is 0. The molecule has 1 aromatic carbocycles. The van der Waals surface area contributed by atoms with Crippen LogP contribution in [-0.4, -0.2) is 24.0 Å². The van der Waals surface area contributed by atoms with Crippen LogP contribution in [0.1, 0.15) is 32.8 Å². The Hall–Kier alpha value is -1.51. The van der Waals surface area contributed by atoms with Gasteiger partial charge >= 0.3 is 6.03 Å². The van der Waals surface area contributed by atoms with Crippen LogP contribution < -0.4 is 5.32 Å². The highest BCUT2D eigenvalue weighted by Gasteiger charge is 2.25. The number of likely N-dealkylation sites (tertiary alicyclic amines) is 1. The Bertz CT molecular complexity index is 417. The second-order valence-electron chi connectivity index (χ2n) is 5.83. The number of carbonyl (C=O) groups is 1. The first kappa shape index (κ1) is 13.9. The molecule has 0 aliphatic carbocycles. The van der Waals surface area contributed by atoms with Gasteiger partial charge in [-0.1, -0.05) is 32.9 Å². The number of amides is 2. The molecule has 1 saturated heterocycles. The van der Waals surface area contributed by atoms with Gasteiger partial charge in [0.2, 0.25) is 0 Å². The van der Waals surface area contributed by atoms with Crippen LogP contribution in [0.2, 0.25) is 0 Å². The number of nitrogens with zero attached hydrogens (tertiary/aromatic N) is 1. The van der Waals surface area contributed by atoms with Gasteiger partial charge in [-0.25, -0.2) is 4.79 Å². The molecule has 1 heterocycles. The standard InChI is InChI=1S/C16H24N2O/c1-4-14-5-7-15(8-6-14)17-16(19)18-10-12(2)9-13(3)11-18/h5-8,12-13H,4,9-11H2,1-3H3,(H,17,19). The minimum absolute atomic E-state index is 0.0302. The first-order chi connectivity index (χ1) is 9.08. The van der Waals surface area contributed by atoms with Crippen LogP contribution in [0, 0.1) is 11.8 Å². The number of benzene rings is 1. The van der Waals surface area contributed by atoms with E-state index in [-0.39, 0.29) is 6.03 Å². The summed E-state index contributed by atoms with van der Waals surface area (Å²) in [5.41, 5.74) is 2.17. The van der Waals surface area contributed by atoms with E-state index in [0.717, 1.165) is 25.2 Å². The average Bonchev–Trinajstić information content (AvgIpc) is 2.38. The number of piperidine rings is 1. The van der Waals surface area contributed by atoms with E-state index in [4.69, 9.17) is 0 Å². The minimum Gasteiger partial charge on any atom is -0.324 e. The average molecular weight is 260 g/mol. The van der Waals surface area contributed by atoms with Crippen LogP contribution in [0.25, 0.3) is 0 Å². The monoisotopic (exact) mass is 260 g/mol. The zero-order chi connectivity index (χ0) is 13.8. The molecule has 1 fully saturated rings. The molecule has 0 radical (unpaired) electrons. The predicted octanol–water partition coefficient (Wildman–Crippen LogP) is 3.76. The van der Waals surface area contributed by atoms with E-state index in [2.05, 4.69) is 38.2 Å². The third kappa shape index (κ3) is 3.72. The summed E-state index contributed by atoms with van der Waals surface area (Å²) in [6.45, 7) is 8.29. The molecule has 2 atom stereocenters. The summed E-state index contributed by atoms with van der Waals surface area (Å²) in [6.07, 6.45) is 2.24. The summed E-state index contributed by atoms with van der Waals surface area (Å²) >= 11 is 0. The smallest absolute Gasteiger partial charge is 0.321 e. The van der Waals surface area contributed by atoms with Crippen molar-refractivity contribution in [2.75, 3.05) is 18.4 Å². The van der Waals surface area contributed by atoms with Gasteiger partial charge in [0.05, 0.1) is 0 Å². The Morgan fingerprint density at radius 1 is 1.21 bits per heavy atom. The van der Waals surface area contributed by atoms with Crippen LogP contribution >= 0.6 is 0 Å². The van der Waals surface area contributed by atoms with E-state index in [1.807, 2.05) is 17.0 Å². The van der Waals surface area contributed by atoms with Crippen molar-refractivity contribution in [1.82, 2.24) is 4.90 Å². The molecule has 1 N–H and O–H groups in total. The summed E-state index contributed by atoms with van der Waals surface area (Å²) < 4.78 is 0. The van der Waals surface area contributed by atoms with E-state index in [9.17, 15) is 4.79 Å². The second-order valence-corrected chi connectivity index (χ2v) is 5.83. The molecule has 1 aliphatic heterocycles. The van der Waals surface area contributed by atoms with Crippen LogP contribution in [0.4, 0.5) is 10.5 Å². The zero-order valence-electron chi connectivity index (χ0n) is 12.1. The van der Waals surface area contributed by atoms with Crippen molar-refractivity contribution in [3.63, 3.8) is 0 Å². The van der Waals surface area contributed by atoms with Crippen LogP contribution in [0.3, 0.4) is 0 Å². The van der Waals surface area contributed by atoms with Gasteiger partial charge in [0.1, 0.15) is 0 Å². The molecule has 0 bridgehead atoms. The van der Waals surface area contributed by atoms with Crippen molar-refractivity contribution in [3.05, 3.63) is 29.8 Å². The van der Waals surface area contributed by atoms with E-state index in [0.29, 0.717) is 11.8 Å². The maximum Gasteiger partial charge on any atom is 0.321 e. The molecule has 0 saturated carbocycles. The highest BCUT2D eigenvalue weighted by Crippen LogP contribution is 2.21. The fourth-order valence-electron chi connectivity index (χ4n) is 2.86. The third-order valence-electron chi connectivity index (χ3n) is 3.77. The Kier molecular flexibility index (Phi) is 4.46. The van der Waals surface area contributed by atoms with E-state index >= 15 is 0 Å². The molecule has 2 unspecified atom stereocenters. The minimum atomic E-state index is 0.0302. The summed E-state index contributed by atoms with van der Waals surface area (Å²) in [4.78, 5) is 14.2. The number of carbonyl (C=O) groups excluding carboxylic acids is 1. The largest absolute Gasteiger partial charge is 0.324 e. The maximum absolute atomic E-state index is 12.2. The maximum atomic E-state index is 12.2. The lowest BCUT2D eigenvalue weighted by Gasteiger charge is -2.34. The third-order valence-corrected chi connectivity index (χ3v) is 3.77. The molecule has 0 spiro atoms.